The second-order valence-electron chi connectivity index (χ2n) is 10.5. The van der Waals surface area contributed by atoms with Gasteiger partial charge >= 0.3 is 0 Å². The van der Waals surface area contributed by atoms with Crippen molar-refractivity contribution < 1.29 is 14.3 Å². The standard InChI is InChI=1S/C36H37N3O4/c1-5-7-21-37-25-39(38-22-20-30(40)35(34(38)36(37)41)43-24-28-16-9-8-10-17-28)33(29-18-12-11-14-26(29)3)32-27(4)15-13-19-31(32)42-23-6-2/h5-6,8-20,22,33H,1-2,7,21,23-25H2,3-4H3. The Kier molecular flexibility index (Phi) is 9.11. The van der Waals surface area contributed by atoms with E-state index in [9.17, 15) is 9.59 Å². The van der Waals surface area contributed by atoms with Crippen molar-refractivity contribution in [3.05, 3.63) is 154 Å². The summed E-state index contributed by atoms with van der Waals surface area (Å²) in [6.07, 6.45) is 5.79. The molecule has 2 heterocycles. The molecule has 0 aliphatic carbocycles. The monoisotopic (exact) mass is 575 g/mol. The summed E-state index contributed by atoms with van der Waals surface area (Å²) >= 11 is 0. The van der Waals surface area contributed by atoms with Gasteiger partial charge in [-0.1, -0.05) is 85.5 Å². The van der Waals surface area contributed by atoms with Crippen molar-refractivity contribution in [2.75, 3.05) is 24.8 Å². The molecule has 7 nitrogen and oxygen atoms in total. The first-order valence-electron chi connectivity index (χ1n) is 14.4. The van der Waals surface area contributed by atoms with Crippen LogP contribution in [0.4, 0.5) is 0 Å². The van der Waals surface area contributed by atoms with Gasteiger partial charge in [0.25, 0.3) is 5.91 Å². The van der Waals surface area contributed by atoms with Gasteiger partial charge in [0.05, 0.1) is 0 Å². The number of benzene rings is 3. The van der Waals surface area contributed by atoms with Crippen molar-refractivity contribution in [3.8, 4) is 11.5 Å². The Labute approximate surface area is 252 Å². The number of aromatic nitrogens is 1. The lowest BCUT2D eigenvalue weighted by atomic mass is 9.90. The highest BCUT2D eigenvalue weighted by molar-refractivity contribution is 5.96. The normalized spacial score (nSPS) is 13.3. The lowest BCUT2D eigenvalue weighted by molar-refractivity contribution is 0.0679. The van der Waals surface area contributed by atoms with E-state index in [1.807, 2.05) is 54.6 Å². The Morgan fingerprint density at radius 3 is 2.35 bits per heavy atom. The number of fused-ring (bicyclic) bond motifs is 1. The van der Waals surface area contributed by atoms with E-state index < -0.39 is 0 Å². The number of carbonyl (C=O) groups is 1. The predicted octanol–water partition coefficient (Wildman–Crippen LogP) is 6.33. The van der Waals surface area contributed by atoms with Crippen LogP contribution in [0.2, 0.25) is 0 Å². The van der Waals surface area contributed by atoms with Gasteiger partial charge in [0, 0.05) is 24.4 Å². The molecule has 0 radical (unpaired) electrons. The topological polar surface area (TPSA) is 64.0 Å². The largest absolute Gasteiger partial charge is 0.489 e. The molecule has 5 rings (SSSR count). The lowest BCUT2D eigenvalue weighted by Crippen LogP contribution is -2.56. The molecule has 0 spiro atoms. The third-order valence-electron chi connectivity index (χ3n) is 7.64. The molecule has 0 N–H and O–H groups in total. The summed E-state index contributed by atoms with van der Waals surface area (Å²) in [4.78, 5) is 29.1. The van der Waals surface area contributed by atoms with Crippen molar-refractivity contribution >= 4 is 5.91 Å². The van der Waals surface area contributed by atoms with E-state index in [4.69, 9.17) is 9.47 Å². The fourth-order valence-corrected chi connectivity index (χ4v) is 5.51. The van der Waals surface area contributed by atoms with Gasteiger partial charge in [0.15, 0.2) is 11.4 Å². The molecular formula is C36H37N3O4. The van der Waals surface area contributed by atoms with Crippen LogP contribution in [0.3, 0.4) is 0 Å². The highest BCUT2D eigenvalue weighted by atomic mass is 16.5. The molecule has 7 heteroatoms. The molecular weight excluding hydrogens is 538 g/mol. The average Bonchev–Trinajstić information content (AvgIpc) is 3.02. The summed E-state index contributed by atoms with van der Waals surface area (Å²) in [6, 6.07) is 24.9. The van der Waals surface area contributed by atoms with E-state index >= 15 is 0 Å². The summed E-state index contributed by atoms with van der Waals surface area (Å²) in [5.41, 5.74) is 4.88. The molecule has 0 saturated carbocycles. The van der Waals surface area contributed by atoms with Crippen LogP contribution < -0.4 is 19.9 Å². The molecule has 1 amide bonds. The molecule has 1 atom stereocenters. The first-order chi connectivity index (χ1) is 20.9. The van der Waals surface area contributed by atoms with Crippen molar-refractivity contribution in [1.82, 2.24) is 9.58 Å². The Hall–Kier alpha value is -5.04. The quantitative estimate of drug-likeness (QED) is 0.185. The number of pyridine rings is 1. The minimum Gasteiger partial charge on any atom is -0.489 e. The maximum absolute atomic E-state index is 14.1. The summed E-state index contributed by atoms with van der Waals surface area (Å²) in [6.45, 7) is 13.1. The minimum absolute atomic E-state index is 0.0288. The fraction of sp³-hybridized carbons (Fsp3) is 0.222. The molecule has 0 bridgehead atoms. The van der Waals surface area contributed by atoms with Gasteiger partial charge in [-0.05, 0) is 48.6 Å². The molecule has 0 fully saturated rings. The zero-order valence-corrected chi connectivity index (χ0v) is 24.7. The van der Waals surface area contributed by atoms with Gasteiger partial charge in [-0.3, -0.25) is 19.3 Å². The number of aryl methyl sites for hydroxylation is 2. The third kappa shape index (κ3) is 6.11. The van der Waals surface area contributed by atoms with Gasteiger partial charge in [0.2, 0.25) is 5.43 Å². The number of amides is 1. The summed E-state index contributed by atoms with van der Waals surface area (Å²) < 4.78 is 14.1. The molecule has 0 saturated heterocycles. The van der Waals surface area contributed by atoms with Gasteiger partial charge in [-0.25, -0.2) is 0 Å². The van der Waals surface area contributed by atoms with Crippen LogP contribution in [-0.2, 0) is 6.61 Å². The van der Waals surface area contributed by atoms with E-state index in [1.54, 1.807) is 27.9 Å². The van der Waals surface area contributed by atoms with Gasteiger partial charge < -0.3 is 14.4 Å². The maximum atomic E-state index is 14.1. The van der Waals surface area contributed by atoms with Gasteiger partial charge in [-0.2, -0.15) is 0 Å². The van der Waals surface area contributed by atoms with Crippen LogP contribution in [0.5, 0.6) is 11.5 Å². The van der Waals surface area contributed by atoms with Crippen LogP contribution >= 0.6 is 0 Å². The Balaban J connectivity index is 1.73. The minimum atomic E-state index is -0.371. The Bertz CT molecular complexity index is 1680. The maximum Gasteiger partial charge on any atom is 0.277 e. The number of nitrogens with zero attached hydrogens (tertiary/aromatic N) is 3. The number of hydrogen-bond donors (Lipinski definition) is 0. The molecule has 220 valence electrons. The van der Waals surface area contributed by atoms with Crippen LogP contribution in [0.25, 0.3) is 0 Å². The SMILES string of the molecule is C=CCCN1CN(C(c2ccccc2C)c2c(C)cccc2OCC=C)n2ccc(=O)c(OCc3ccccc3)c2C1=O. The van der Waals surface area contributed by atoms with Crippen LogP contribution in [0.1, 0.15) is 50.8 Å². The highest BCUT2D eigenvalue weighted by Gasteiger charge is 2.38. The number of hydrogen-bond acceptors (Lipinski definition) is 5. The van der Waals surface area contributed by atoms with Crippen molar-refractivity contribution in [2.24, 2.45) is 0 Å². The zero-order valence-electron chi connectivity index (χ0n) is 24.7. The average molecular weight is 576 g/mol. The van der Waals surface area contributed by atoms with E-state index in [-0.39, 0.29) is 42.1 Å². The third-order valence-corrected chi connectivity index (χ3v) is 7.64. The Morgan fingerprint density at radius 2 is 1.60 bits per heavy atom. The van der Waals surface area contributed by atoms with Gasteiger partial charge in [0.1, 0.15) is 31.7 Å². The van der Waals surface area contributed by atoms with E-state index in [0.29, 0.717) is 19.6 Å². The van der Waals surface area contributed by atoms with Crippen LogP contribution in [-0.4, -0.2) is 35.3 Å². The zero-order chi connectivity index (χ0) is 30.3. The number of carbonyl (C=O) groups excluding carboxylic acids is 1. The van der Waals surface area contributed by atoms with E-state index in [0.717, 1.165) is 33.6 Å². The second kappa shape index (κ2) is 13.3. The van der Waals surface area contributed by atoms with Gasteiger partial charge in [-0.15, -0.1) is 6.58 Å². The number of rotatable bonds is 12. The van der Waals surface area contributed by atoms with Crippen molar-refractivity contribution in [3.63, 3.8) is 0 Å². The molecule has 43 heavy (non-hydrogen) atoms. The molecule has 1 aliphatic heterocycles. The highest BCUT2D eigenvalue weighted by Crippen LogP contribution is 2.39. The van der Waals surface area contributed by atoms with Crippen molar-refractivity contribution in [1.29, 1.82) is 0 Å². The van der Waals surface area contributed by atoms with E-state index in [2.05, 4.69) is 50.2 Å². The predicted molar refractivity (Wildman–Crippen MR) is 170 cm³/mol. The van der Waals surface area contributed by atoms with Crippen molar-refractivity contribution in [2.45, 2.75) is 32.9 Å². The molecule has 3 aromatic carbocycles. The smallest absolute Gasteiger partial charge is 0.277 e. The molecule has 4 aromatic rings. The fourth-order valence-electron chi connectivity index (χ4n) is 5.51. The van der Waals surface area contributed by atoms with E-state index in [1.165, 1.54) is 6.07 Å². The van der Waals surface area contributed by atoms with Crippen LogP contribution in [0, 0.1) is 13.8 Å². The first kappa shape index (κ1) is 29.5. The molecule has 1 aromatic heterocycles. The summed E-state index contributed by atoms with van der Waals surface area (Å²) in [5.74, 6) is 0.488. The number of ether oxygens (including phenoxy) is 2. The molecule has 1 aliphatic rings. The first-order valence-corrected chi connectivity index (χ1v) is 14.4. The summed E-state index contributed by atoms with van der Waals surface area (Å²) in [7, 11) is 0. The van der Waals surface area contributed by atoms with Crippen LogP contribution in [0.15, 0.2) is 115 Å². The lowest BCUT2D eigenvalue weighted by Gasteiger charge is -2.45. The second-order valence-corrected chi connectivity index (χ2v) is 10.5. The molecule has 1 unspecified atom stereocenters. The Morgan fingerprint density at radius 1 is 0.860 bits per heavy atom. The summed E-state index contributed by atoms with van der Waals surface area (Å²) in [5, 5.41) is 2.11.